The fourth-order valence-electron chi connectivity index (χ4n) is 1.84. The van der Waals surface area contributed by atoms with Gasteiger partial charge in [0.25, 0.3) is 0 Å². The smallest absolute Gasteiger partial charge is 0.124 e. The van der Waals surface area contributed by atoms with Crippen LogP contribution in [0, 0.1) is 5.82 Å². The highest BCUT2D eigenvalue weighted by atomic mass is 19.1. The van der Waals surface area contributed by atoms with Gasteiger partial charge in [-0.1, -0.05) is 13.3 Å². The van der Waals surface area contributed by atoms with Crippen molar-refractivity contribution in [3.8, 4) is 5.75 Å². The molecule has 1 aromatic carbocycles. The van der Waals surface area contributed by atoms with Gasteiger partial charge in [-0.25, -0.2) is 4.39 Å². The minimum Gasteiger partial charge on any atom is -0.490 e. The summed E-state index contributed by atoms with van der Waals surface area (Å²) in [6.45, 7) is 11.1. The van der Waals surface area contributed by atoms with Gasteiger partial charge in [0.1, 0.15) is 11.6 Å². The molecule has 1 N–H and O–H groups in total. The normalized spacial score (nSPS) is 13.4. The summed E-state index contributed by atoms with van der Waals surface area (Å²) < 4.78 is 19.3. The Morgan fingerprint density at radius 1 is 1.32 bits per heavy atom. The van der Waals surface area contributed by atoms with Gasteiger partial charge >= 0.3 is 0 Å². The van der Waals surface area contributed by atoms with Gasteiger partial charge in [-0.2, -0.15) is 0 Å². The highest BCUT2D eigenvalue weighted by molar-refractivity contribution is 5.34. The van der Waals surface area contributed by atoms with Gasteiger partial charge in [-0.15, -0.1) is 0 Å². The van der Waals surface area contributed by atoms with Crippen LogP contribution in [0.25, 0.3) is 0 Å². The summed E-state index contributed by atoms with van der Waals surface area (Å²) in [7, 11) is 0. The second kappa shape index (κ2) is 6.90. The van der Waals surface area contributed by atoms with Crippen molar-refractivity contribution in [1.29, 1.82) is 0 Å². The lowest BCUT2D eigenvalue weighted by molar-refractivity contribution is 0.206. The van der Waals surface area contributed by atoms with Crippen LogP contribution in [0.2, 0.25) is 0 Å². The van der Waals surface area contributed by atoms with Gasteiger partial charge in [0.2, 0.25) is 0 Å². The van der Waals surface area contributed by atoms with Gasteiger partial charge in [-0.3, -0.25) is 0 Å². The van der Waals surface area contributed by atoms with E-state index < -0.39 is 0 Å². The first-order valence-corrected chi connectivity index (χ1v) is 7.02. The molecule has 0 saturated heterocycles. The topological polar surface area (TPSA) is 21.3 Å². The lowest BCUT2D eigenvalue weighted by Gasteiger charge is -2.23. The molecule has 0 spiro atoms. The predicted octanol–water partition coefficient (Wildman–Crippen LogP) is 4.28. The van der Waals surface area contributed by atoms with Gasteiger partial charge < -0.3 is 10.1 Å². The number of halogens is 1. The van der Waals surface area contributed by atoms with E-state index in [0.717, 1.165) is 24.2 Å². The van der Waals surface area contributed by atoms with Crippen LogP contribution in [0.15, 0.2) is 18.2 Å². The summed E-state index contributed by atoms with van der Waals surface area (Å²) in [6.07, 6.45) is 2.24. The average molecular weight is 267 g/mol. The van der Waals surface area contributed by atoms with Crippen LogP contribution in [0.3, 0.4) is 0 Å². The fourth-order valence-corrected chi connectivity index (χ4v) is 1.84. The first-order valence-electron chi connectivity index (χ1n) is 7.02. The summed E-state index contributed by atoms with van der Waals surface area (Å²) in [5, 5.41) is 3.36. The number of benzene rings is 1. The molecule has 0 saturated carbocycles. The Balaban J connectivity index is 2.79. The van der Waals surface area contributed by atoms with E-state index in [1.807, 2.05) is 6.92 Å². The Labute approximate surface area is 116 Å². The number of ether oxygens (including phenoxy) is 1. The van der Waals surface area contributed by atoms with E-state index in [4.69, 9.17) is 4.74 Å². The van der Waals surface area contributed by atoms with Crippen LogP contribution in [0.4, 0.5) is 4.39 Å². The largest absolute Gasteiger partial charge is 0.490 e. The number of hydrogen-bond acceptors (Lipinski definition) is 2. The third kappa shape index (κ3) is 6.06. The van der Waals surface area contributed by atoms with Crippen molar-refractivity contribution < 1.29 is 9.13 Å². The van der Waals surface area contributed by atoms with E-state index in [1.165, 1.54) is 6.07 Å². The summed E-state index contributed by atoms with van der Waals surface area (Å²) >= 11 is 0. The van der Waals surface area contributed by atoms with E-state index in [0.29, 0.717) is 6.54 Å². The third-order valence-corrected chi connectivity index (χ3v) is 2.86. The maximum absolute atomic E-state index is 13.4. The molecule has 0 fully saturated rings. The minimum atomic E-state index is -0.221. The standard InChI is InChI=1S/C16H26FNO/c1-6-7-12(2)19-15-9-8-14(17)10-13(15)11-18-16(3,4)5/h8-10,12,18H,6-7,11H2,1-5H3. The van der Waals surface area contributed by atoms with Crippen LogP contribution >= 0.6 is 0 Å². The second-order valence-electron chi connectivity index (χ2n) is 6.07. The van der Waals surface area contributed by atoms with Crippen LogP contribution < -0.4 is 10.1 Å². The van der Waals surface area contributed by atoms with E-state index in [1.54, 1.807) is 12.1 Å². The zero-order valence-corrected chi connectivity index (χ0v) is 12.7. The predicted molar refractivity (Wildman–Crippen MR) is 78.0 cm³/mol. The van der Waals surface area contributed by atoms with Crippen molar-refractivity contribution in [2.75, 3.05) is 0 Å². The van der Waals surface area contributed by atoms with Crippen molar-refractivity contribution in [2.45, 2.75) is 65.6 Å². The van der Waals surface area contributed by atoms with Crippen molar-refractivity contribution in [3.63, 3.8) is 0 Å². The number of hydrogen-bond donors (Lipinski definition) is 1. The molecule has 19 heavy (non-hydrogen) atoms. The molecule has 3 heteroatoms. The van der Waals surface area contributed by atoms with Crippen LogP contribution in [-0.2, 0) is 6.54 Å². The Hall–Kier alpha value is -1.09. The fraction of sp³-hybridized carbons (Fsp3) is 0.625. The van der Waals surface area contributed by atoms with Crippen LogP contribution in [-0.4, -0.2) is 11.6 Å². The molecule has 1 rings (SSSR count). The molecule has 0 radical (unpaired) electrons. The molecule has 0 aliphatic rings. The highest BCUT2D eigenvalue weighted by Crippen LogP contribution is 2.22. The SMILES string of the molecule is CCCC(C)Oc1ccc(F)cc1CNC(C)(C)C. The number of nitrogens with one attached hydrogen (secondary N) is 1. The van der Waals surface area contributed by atoms with Gasteiger partial charge in [0.05, 0.1) is 6.10 Å². The monoisotopic (exact) mass is 267 g/mol. The Morgan fingerprint density at radius 2 is 2.00 bits per heavy atom. The molecule has 1 atom stereocenters. The van der Waals surface area contributed by atoms with Crippen molar-refractivity contribution >= 4 is 0 Å². The molecule has 0 aliphatic carbocycles. The van der Waals surface area contributed by atoms with Gasteiger partial charge in [0, 0.05) is 17.6 Å². The molecule has 108 valence electrons. The van der Waals surface area contributed by atoms with E-state index >= 15 is 0 Å². The van der Waals surface area contributed by atoms with Gasteiger partial charge in [0.15, 0.2) is 0 Å². The van der Waals surface area contributed by atoms with Crippen LogP contribution in [0.1, 0.15) is 53.0 Å². The van der Waals surface area contributed by atoms with Crippen molar-refractivity contribution in [2.24, 2.45) is 0 Å². The first-order chi connectivity index (χ1) is 8.81. The molecular weight excluding hydrogens is 241 g/mol. The molecule has 1 aromatic rings. The molecule has 0 bridgehead atoms. The van der Waals surface area contributed by atoms with E-state index in [9.17, 15) is 4.39 Å². The maximum atomic E-state index is 13.4. The highest BCUT2D eigenvalue weighted by Gasteiger charge is 2.13. The molecular formula is C16H26FNO. The summed E-state index contributed by atoms with van der Waals surface area (Å²) in [5.41, 5.74) is 0.872. The average Bonchev–Trinajstić information content (AvgIpc) is 2.29. The third-order valence-electron chi connectivity index (χ3n) is 2.86. The van der Waals surface area contributed by atoms with Gasteiger partial charge in [-0.05, 0) is 52.3 Å². The van der Waals surface area contributed by atoms with Crippen LogP contribution in [0.5, 0.6) is 5.75 Å². The number of rotatable bonds is 6. The molecule has 0 heterocycles. The quantitative estimate of drug-likeness (QED) is 0.830. The lowest BCUT2D eigenvalue weighted by Crippen LogP contribution is -2.35. The Morgan fingerprint density at radius 3 is 2.58 bits per heavy atom. The zero-order valence-electron chi connectivity index (χ0n) is 12.7. The second-order valence-corrected chi connectivity index (χ2v) is 6.07. The molecule has 0 aliphatic heterocycles. The summed E-state index contributed by atoms with van der Waals surface area (Å²) in [5.74, 6) is 0.556. The molecule has 0 amide bonds. The molecule has 1 unspecified atom stereocenters. The Kier molecular flexibility index (Phi) is 5.80. The van der Waals surface area contributed by atoms with E-state index in [2.05, 4.69) is 33.0 Å². The zero-order chi connectivity index (χ0) is 14.5. The summed E-state index contributed by atoms with van der Waals surface area (Å²) in [4.78, 5) is 0. The Bertz CT molecular complexity index is 398. The lowest BCUT2D eigenvalue weighted by atomic mass is 10.1. The molecule has 0 aromatic heterocycles. The van der Waals surface area contributed by atoms with Crippen molar-refractivity contribution in [3.05, 3.63) is 29.6 Å². The molecule has 2 nitrogen and oxygen atoms in total. The van der Waals surface area contributed by atoms with Crippen molar-refractivity contribution in [1.82, 2.24) is 5.32 Å². The van der Waals surface area contributed by atoms with E-state index in [-0.39, 0.29) is 17.5 Å². The summed E-state index contributed by atoms with van der Waals surface area (Å²) in [6, 6.07) is 4.72. The maximum Gasteiger partial charge on any atom is 0.124 e. The minimum absolute atomic E-state index is 0.00137. The first kappa shape index (κ1) is 16.0.